The van der Waals surface area contributed by atoms with E-state index in [9.17, 15) is 0 Å². The summed E-state index contributed by atoms with van der Waals surface area (Å²) in [4.78, 5) is 1.31. The lowest BCUT2D eigenvalue weighted by atomic mass is 10.2. The van der Waals surface area contributed by atoms with Crippen LogP contribution in [0.4, 0.5) is 0 Å². The molecule has 1 rings (SSSR count). The van der Waals surface area contributed by atoms with E-state index < -0.39 is 0 Å². The number of hydrogen-bond acceptors (Lipinski definition) is 1. The lowest BCUT2D eigenvalue weighted by Crippen LogP contribution is -1.79. The zero-order chi connectivity index (χ0) is 8.10. The molecule has 0 bridgehead atoms. The van der Waals surface area contributed by atoms with Gasteiger partial charge in [-0.3, -0.25) is 0 Å². The molecular formula is C9H11ClS. The Morgan fingerprint density at radius 1 is 1.45 bits per heavy atom. The summed E-state index contributed by atoms with van der Waals surface area (Å²) >= 11 is 7.37. The number of aryl methyl sites for hydroxylation is 1. The van der Waals surface area contributed by atoms with Crippen LogP contribution in [0, 0.1) is 6.92 Å². The fourth-order valence-corrected chi connectivity index (χ4v) is 1.85. The molecule has 0 nitrogen and oxygen atoms in total. The fourth-order valence-electron chi connectivity index (χ4n) is 0.862. The lowest BCUT2D eigenvalue weighted by Gasteiger charge is -1.98. The molecule has 0 saturated heterocycles. The van der Waals surface area contributed by atoms with E-state index in [1.54, 1.807) is 11.8 Å². The van der Waals surface area contributed by atoms with Crippen molar-refractivity contribution in [2.45, 2.75) is 11.8 Å². The quantitative estimate of drug-likeness (QED) is 0.516. The molecule has 0 radical (unpaired) electrons. The number of alkyl halides is 1. The van der Waals surface area contributed by atoms with Crippen LogP contribution >= 0.6 is 23.4 Å². The van der Waals surface area contributed by atoms with Gasteiger partial charge in [-0.25, -0.2) is 0 Å². The van der Waals surface area contributed by atoms with Crippen LogP contribution in [-0.4, -0.2) is 11.6 Å². The average Bonchev–Trinajstić information content (AvgIpc) is 2.01. The molecular weight excluding hydrogens is 176 g/mol. The molecule has 0 aliphatic carbocycles. The van der Waals surface area contributed by atoms with Crippen LogP contribution in [0.25, 0.3) is 0 Å². The summed E-state index contributed by atoms with van der Waals surface area (Å²) in [5.41, 5.74) is 1.31. The van der Waals surface area contributed by atoms with Gasteiger partial charge in [0.2, 0.25) is 0 Å². The van der Waals surface area contributed by atoms with Gasteiger partial charge in [0.1, 0.15) is 0 Å². The molecule has 0 amide bonds. The monoisotopic (exact) mass is 186 g/mol. The van der Waals surface area contributed by atoms with Crippen LogP contribution in [0.5, 0.6) is 0 Å². The van der Waals surface area contributed by atoms with Gasteiger partial charge in [-0.05, 0) is 19.1 Å². The lowest BCUT2D eigenvalue weighted by molar-refractivity contribution is 1.35. The van der Waals surface area contributed by atoms with Gasteiger partial charge in [0.05, 0.1) is 0 Å². The maximum Gasteiger partial charge on any atom is 0.0317 e. The van der Waals surface area contributed by atoms with Crippen molar-refractivity contribution in [3.63, 3.8) is 0 Å². The third kappa shape index (κ3) is 3.17. The second-order valence-electron chi connectivity index (χ2n) is 2.35. The van der Waals surface area contributed by atoms with Crippen molar-refractivity contribution >= 4 is 23.4 Å². The van der Waals surface area contributed by atoms with Crippen LogP contribution in [0.3, 0.4) is 0 Å². The van der Waals surface area contributed by atoms with Gasteiger partial charge in [-0.1, -0.05) is 17.7 Å². The van der Waals surface area contributed by atoms with Crippen molar-refractivity contribution in [1.29, 1.82) is 0 Å². The van der Waals surface area contributed by atoms with Gasteiger partial charge in [-0.2, -0.15) is 0 Å². The number of halogens is 1. The smallest absolute Gasteiger partial charge is 0.0317 e. The van der Waals surface area contributed by atoms with Gasteiger partial charge in [-0.15, -0.1) is 23.4 Å². The molecule has 60 valence electrons. The normalized spacial score (nSPS) is 10.0. The molecule has 0 N–H and O–H groups in total. The molecule has 0 heterocycles. The number of hydrogen-bond donors (Lipinski definition) is 0. The first-order valence-corrected chi connectivity index (χ1v) is 5.10. The van der Waals surface area contributed by atoms with Crippen LogP contribution in [0.2, 0.25) is 0 Å². The van der Waals surface area contributed by atoms with E-state index in [1.165, 1.54) is 10.5 Å². The highest BCUT2D eigenvalue weighted by Crippen LogP contribution is 2.18. The Morgan fingerprint density at radius 2 is 2.27 bits per heavy atom. The predicted molar refractivity (Wildman–Crippen MR) is 52.6 cm³/mol. The molecule has 1 aromatic rings. The third-order valence-electron chi connectivity index (χ3n) is 1.34. The first kappa shape index (κ1) is 8.95. The molecule has 2 heteroatoms. The van der Waals surface area contributed by atoms with E-state index >= 15 is 0 Å². The van der Waals surface area contributed by atoms with Crippen LogP contribution in [0.15, 0.2) is 29.2 Å². The van der Waals surface area contributed by atoms with Gasteiger partial charge in [0.25, 0.3) is 0 Å². The Hall–Kier alpha value is -0.140. The molecule has 0 fully saturated rings. The fraction of sp³-hybridized carbons (Fsp3) is 0.333. The Labute approximate surface area is 77.0 Å². The number of benzene rings is 1. The zero-order valence-electron chi connectivity index (χ0n) is 6.51. The van der Waals surface area contributed by atoms with E-state index in [4.69, 9.17) is 11.6 Å². The van der Waals surface area contributed by atoms with Gasteiger partial charge >= 0.3 is 0 Å². The minimum atomic E-state index is 0.721. The van der Waals surface area contributed by atoms with Crippen molar-refractivity contribution < 1.29 is 0 Å². The Morgan fingerprint density at radius 3 is 2.91 bits per heavy atom. The molecule has 1 aromatic carbocycles. The molecule has 11 heavy (non-hydrogen) atoms. The Balaban J connectivity index is 2.56. The van der Waals surface area contributed by atoms with E-state index in [1.807, 2.05) is 0 Å². The number of rotatable bonds is 3. The molecule has 0 spiro atoms. The van der Waals surface area contributed by atoms with E-state index in [0.29, 0.717) is 0 Å². The summed E-state index contributed by atoms with van der Waals surface area (Å²) in [6.07, 6.45) is 0. The summed E-state index contributed by atoms with van der Waals surface area (Å²) in [6.45, 7) is 2.10. The topological polar surface area (TPSA) is 0 Å². The van der Waals surface area contributed by atoms with Crippen LogP contribution in [0.1, 0.15) is 5.56 Å². The van der Waals surface area contributed by atoms with E-state index in [-0.39, 0.29) is 0 Å². The Kier molecular flexibility index (Phi) is 3.81. The molecule has 0 atom stereocenters. The van der Waals surface area contributed by atoms with Crippen molar-refractivity contribution in [3.8, 4) is 0 Å². The second kappa shape index (κ2) is 4.68. The summed E-state index contributed by atoms with van der Waals surface area (Å²) in [6, 6.07) is 8.47. The first-order chi connectivity index (χ1) is 5.33. The highest BCUT2D eigenvalue weighted by Gasteiger charge is 1.91. The van der Waals surface area contributed by atoms with Crippen LogP contribution < -0.4 is 0 Å². The van der Waals surface area contributed by atoms with Gasteiger partial charge in [0, 0.05) is 16.5 Å². The summed E-state index contributed by atoms with van der Waals surface area (Å²) in [7, 11) is 0. The zero-order valence-corrected chi connectivity index (χ0v) is 8.08. The first-order valence-electron chi connectivity index (χ1n) is 3.58. The maximum absolute atomic E-state index is 5.57. The van der Waals surface area contributed by atoms with Crippen molar-refractivity contribution in [2.24, 2.45) is 0 Å². The van der Waals surface area contributed by atoms with Gasteiger partial charge in [0.15, 0.2) is 0 Å². The highest BCUT2D eigenvalue weighted by atomic mass is 35.5. The van der Waals surface area contributed by atoms with Gasteiger partial charge < -0.3 is 0 Å². The molecule has 0 unspecified atom stereocenters. The van der Waals surface area contributed by atoms with Crippen molar-refractivity contribution in [1.82, 2.24) is 0 Å². The summed E-state index contributed by atoms with van der Waals surface area (Å²) in [5.74, 6) is 1.71. The molecule has 0 aliphatic heterocycles. The third-order valence-corrected chi connectivity index (χ3v) is 2.74. The van der Waals surface area contributed by atoms with Crippen LogP contribution in [-0.2, 0) is 0 Å². The maximum atomic E-state index is 5.57. The second-order valence-corrected chi connectivity index (χ2v) is 3.90. The van der Waals surface area contributed by atoms with Crippen molar-refractivity contribution in [2.75, 3.05) is 11.6 Å². The molecule has 0 aliphatic rings. The van der Waals surface area contributed by atoms with Crippen molar-refractivity contribution in [3.05, 3.63) is 29.8 Å². The number of thioether (sulfide) groups is 1. The molecule has 0 saturated carbocycles. The summed E-state index contributed by atoms with van der Waals surface area (Å²) < 4.78 is 0. The minimum Gasteiger partial charge on any atom is -0.126 e. The Bertz CT molecular complexity index is 223. The predicted octanol–water partition coefficient (Wildman–Crippen LogP) is 3.33. The average molecular weight is 187 g/mol. The summed E-state index contributed by atoms with van der Waals surface area (Å²) in [5, 5.41) is 0. The largest absolute Gasteiger partial charge is 0.126 e. The van der Waals surface area contributed by atoms with E-state index in [2.05, 4.69) is 31.2 Å². The minimum absolute atomic E-state index is 0.721. The highest BCUT2D eigenvalue weighted by molar-refractivity contribution is 7.99. The standard InChI is InChI=1S/C9H11ClS/c1-8-3-2-4-9(7-8)11-6-5-10/h2-4,7H,5-6H2,1H3. The molecule has 0 aromatic heterocycles. The van der Waals surface area contributed by atoms with E-state index in [0.717, 1.165) is 11.6 Å². The SMILES string of the molecule is Cc1cccc(SCCCl)c1.